The lowest BCUT2D eigenvalue weighted by molar-refractivity contribution is -0.145. The third-order valence-corrected chi connectivity index (χ3v) is 8.72. The average molecular weight is 564 g/mol. The van der Waals surface area contributed by atoms with Crippen LogP contribution in [0.25, 0.3) is 11.1 Å². The Balaban J connectivity index is 1.37. The van der Waals surface area contributed by atoms with Crippen molar-refractivity contribution in [3.05, 3.63) is 77.6 Å². The third-order valence-electron chi connectivity index (χ3n) is 6.86. The number of nitrogens with two attached hydrogens (primary N) is 1. The Bertz CT molecular complexity index is 1550. The van der Waals surface area contributed by atoms with Crippen molar-refractivity contribution < 1.29 is 35.6 Å². The standard InChI is InChI=1S/C25H21F4N5O4S/c26-17-2-4-18(5-3-17)39(37,38)34-12-15-8-20(15)21(34)23(36)31-9-14-7-13(1-6-19(14)22(30)35)16-10-32-24(33-11-16)25(27,28)29/h1-7,10-11,15,20-21H,8-9,12H2,(H2,30,35)(H,31,36). The van der Waals surface area contributed by atoms with E-state index >= 15 is 0 Å². The molecule has 3 atom stereocenters. The summed E-state index contributed by atoms with van der Waals surface area (Å²) < 4.78 is 79.3. The molecule has 3 unspecified atom stereocenters. The molecule has 204 valence electrons. The molecule has 1 aliphatic heterocycles. The highest BCUT2D eigenvalue weighted by molar-refractivity contribution is 7.89. The molecule has 1 aromatic heterocycles. The highest BCUT2D eigenvalue weighted by Gasteiger charge is 2.58. The number of rotatable bonds is 7. The molecule has 3 N–H and O–H groups in total. The number of sulfonamides is 1. The summed E-state index contributed by atoms with van der Waals surface area (Å²) in [5.74, 6) is -3.42. The molecule has 9 nitrogen and oxygen atoms in total. The number of nitrogens with zero attached hydrogens (tertiary/aromatic N) is 3. The minimum atomic E-state index is -4.71. The second-order valence-corrected chi connectivity index (χ2v) is 11.3. The monoisotopic (exact) mass is 563 g/mol. The van der Waals surface area contributed by atoms with Gasteiger partial charge in [-0.3, -0.25) is 9.59 Å². The number of benzene rings is 2. The molecule has 0 spiro atoms. The highest BCUT2D eigenvalue weighted by Crippen LogP contribution is 2.51. The maximum absolute atomic E-state index is 13.3. The van der Waals surface area contributed by atoms with E-state index < -0.39 is 45.7 Å². The van der Waals surface area contributed by atoms with Gasteiger partial charge in [0.15, 0.2) is 0 Å². The van der Waals surface area contributed by atoms with Crippen LogP contribution >= 0.6 is 0 Å². The highest BCUT2D eigenvalue weighted by atomic mass is 32.2. The first-order valence-electron chi connectivity index (χ1n) is 11.7. The lowest BCUT2D eigenvalue weighted by Crippen LogP contribution is -2.48. The number of carbonyl (C=O) groups excluding carboxylic acids is 2. The first-order chi connectivity index (χ1) is 18.4. The summed E-state index contributed by atoms with van der Waals surface area (Å²) in [6, 6.07) is 7.63. The minimum absolute atomic E-state index is 0.0279. The molecule has 1 saturated heterocycles. The summed E-state index contributed by atoms with van der Waals surface area (Å²) in [4.78, 5) is 31.8. The van der Waals surface area contributed by atoms with Gasteiger partial charge in [0.25, 0.3) is 0 Å². The Kier molecular flexibility index (Phi) is 6.63. The number of piperidine rings is 1. The van der Waals surface area contributed by atoms with Gasteiger partial charge in [-0.15, -0.1) is 0 Å². The van der Waals surface area contributed by atoms with Crippen LogP contribution in [0.4, 0.5) is 17.6 Å². The van der Waals surface area contributed by atoms with Crippen molar-refractivity contribution in [3.63, 3.8) is 0 Å². The van der Waals surface area contributed by atoms with E-state index in [0.717, 1.165) is 41.0 Å². The van der Waals surface area contributed by atoms with Crippen molar-refractivity contribution >= 4 is 21.8 Å². The predicted molar refractivity (Wildman–Crippen MR) is 129 cm³/mol. The third kappa shape index (κ3) is 5.21. The predicted octanol–water partition coefficient (Wildman–Crippen LogP) is 2.73. The number of fused-ring (bicyclic) bond motifs is 1. The molecule has 14 heteroatoms. The molecule has 1 saturated carbocycles. The van der Waals surface area contributed by atoms with Gasteiger partial charge in [-0.05, 0) is 65.8 Å². The molecule has 39 heavy (non-hydrogen) atoms. The van der Waals surface area contributed by atoms with Crippen molar-refractivity contribution in [2.45, 2.75) is 30.1 Å². The fourth-order valence-electron chi connectivity index (χ4n) is 4.81. The number of nitrogens with one attached hydrogen (secondary N) is 1. The van der Waals surface area contributed by atoms with Crippen LogP contribution in [0.2, 0.25) is 0 Å². The summed E-state index contributed by atoms with van der Waals surface area (Å²) in [5, 5.41) is 2.67. The van der Waals surface area contributed by atoms with E-state index in [9.17, 15) is 35.6 Å². The van der Waals surface area contributed by atoms with Crippen LogP contribution in [-0.2, 0) is 27.5 Å². The fourth-order valence-corrected chi connectivity index (χ4v) is 6.50. The van der Waals surface area contributed by atoms with Gasteiger partial charge in [0.1, 0.15) is 11.9 Å². The molecule has 2 aliphatic rings. The molecule has 2 fully saturated rings. The van der Waals surface area contributed by atoms with E-state index in [2.05, 4.69) is 15.3 Å². The van der Waals surface area contributed by atoms with Crippen LogP contribution in [-0.4, -0.2) is 47.1 Å². The largest absolute Gasteiger partial charge is 0.451 e. The zero-order valence-corrected chi connectivity index (χ0v) is 20.8. The zero-order valence-electron chi connectivity index (χ0n) is 20.0. The summed E-state index contributed by atoms with van der Waals surface area (Å²) in [7, 11) is -4.08. The smallest absolute Gasteiger partial charge is 0.366 e. The van der Waals surface area contributed by atoms with Crippen LogP contribution in [0.5, 0.6) is 0 Å². The van der Waals surface area contributed by atoms with E-state index in [4.69, 9.17) is 5.73 Å². The molecule has 0 radical (unpaired) electrons. The van der Waals surface area contributed by atoms with Crippen molar-refractivity contribution in [1.29, 1.82) is 0 Å². The van der Waals surface area contributed by atoms with Gasteiger partial charge in [0, 0.05) is 36.6 Å². The van der Waals surface area contributed by atoms with E-state index in [0.29, 0.717) is 12.0 Å². The number of hydrogen-bond acceptors (Lipinski definition) is 6. The van der Waals surface area contributed by atoms with E-state index in [1.54, 1.807) is 0 Å². The molecule has 0 bridgehead atoms. The number of alkyl halides is 3. The van der Waals surface area contributed by atoms with Gasteiger partial charge < -0.3 is 11.1 Å². The summed E-state index contributed by atoms with van der Waals surface area (Å²) in [6.07, 6.45) is -2.05. The Morgan fingerprint density at radius 3 is 2.33 bits per heavy atom. The van der Waals surface area contributed by atoms with Crippen molar-refractivity contribution in [1.82, 2.24) is 19.6 Å². The quantitative estimate of drug-likeness (QED) is 0.425. The van der Waals surface area contributed by atoms with Gasteiger partial charge in [0.05, 0.1) is 4.90 Å². The number of halogens is 4. The molecular weight excluding hydrogens is 542 g/mol. The van der Waals surface area contributed by atoms with Gasteiger partial charge in [0.2, 0.25) is 27.7 Å². The van der Waals surface area contributed by atoms with Gasteiger partial charge >= 0.3 is 6.18 Å². The van der Waals surface area contributed by atoms with E-state index in [1.165, 1.54) is 18.2 Å². The number of carbonyl (C=O) groups is 2. The van der Waals surface area contributed by atoms with Crippen molar-refractivity contribution in [2.75, 3.05) is 6.54 Å². The summed E-state index contributed by atoms with van der Waals surface area (Å²) in [6.45, 7) is -0.0524. The maximum Gasteiger partial charge on any atom is 0.451 e. The Morgan fingerprint density at radius 1 is 1.05 bits per heavy atom. The summed E-state index contributed by atoms with van der Waals surface area (Å²) >= 11 is 0. The molecule has 3 aromatic rings. The topological polar surface area (TPSA) is 135 Å². The molecule has 2 heterocycles. The summed E-state index contributed by atoms with van der Waals surface area (Å²) in [5.41, 5.74) is 6.42. The Hall–Kier alpha value is -3.91. The SMILES string of the molecule is NC(=O)c1ccc(-c2cnc(C(F)(F)F)nc2)cc1CNC(=O)C1C2CC2CN1S(=O)(=O)c1ccc(F)cc1. The molecule has 5 rings (SSSR count). The maximum atomic E-state index is 13.3. The first kappa shape index (κ1) is 26.7. The molecule has 2 aromatic carbocycles. The van der Waals surface area contributed by atoms with Crippen LogP contribution in [0.15, 0.2) is 59.8 Å². The lowest BCUT2D eigenvalue weighted by atomic mass is 10.00. The van der Waals surface area contributed by atoms with Gasteiger partial charge in [-0.25, -0.2) is 22.8 Å². The normalized spacial score (nSPS) is 20.9. The van der Waals surface area contributed by atoms with Gasteiger partial charge in [-0.2, -0.15) is 17.5 Å². The Labute approximate surface area is 220 Å². The van der Waals surface area contributed by atoms with Crippen LogP contribution in [0.1, 0.15) is 28.2 Å². The van der Waals surface area contributed by atoms with Crippen LogP contribution in [0.3, 0.4) is 0 Å². The minimum Gasteiger partial charge on any atom is -0.366 e. The van der Waals surface area contributed by atoms with Crippen molar-refractivity contribution in [3.8, 4) is 11.1 Å². The second kappa shape index (κ2) is 9.68. The van der Waals surface area contributed by atoms with E-state index in [1.807, 2.05) is 0 Å². The van der Waals surface area contributed by atoms with Gasteiger partial charge in [-0.1, -0.05) is 6.07 Å². The molecule has 1 aliphatic carbocycles. The van der Waals surface area contributed by atoms with E-state index in [-0.39, 0.29) is 46.5 Å². The zero-order chi connectivity index (χ0) is 28.1. The second-order valence-electron chi connectivity index (χ2n) is 9.38. The first-order valence-corrected chi connectivity index (χ1v) is 13.2. The van der Waals surface area contributed by atoms with Crippen LogP contribution in [0, 0.1) is 17.7 Å². The fraction of sp³-hybridized carbons (Fsp3) is 0.280. The lowest BCUT2D eigenvalue weighted by Gasteiger charge is -2.26. The number of aromatic nitrogens is 2. The number of amides is 2. The molecule has 2 amide bonds. The molecular formula is C25H21F4N5O4S. The van der Waals surface area contributed by atoms with Crippen LogP contribution < -0.4 is 11.1 Å². The Morgan fingerprint density at radius 2 is 1.72 bits per heavy atom. The van der Waals surface area contributed by atoms with Crippen molar-refractivity contribution in [2.24, 2.45) is 17.6 Å². The average Bonchev–Trinajstić information content (AvgIpc) is 3.55. The number of primary amides is 1. The number of hydrogen-bond donors (Lipinski definition) is 2.